The van der Waals surface area contributed by atoms with Gasteiger partial charge in [0.1, 0.15) is 0 Å². The minimum atomic E-state index is -3.52. The van der Waals surface area contributed by atoms with Gasteiger partial charge in [-0.1, -0.05) is 23.8 Å². The number of carbonyl (C=O) groups is 1. The summed E-state index contributed by atoms with van der Waals surface area (Å²) in [4.78, 5) is 13.1. The van der Waals surface area contributed by atoms with Crippen molar-refractivity contribution in [2.45, 2.75) is 50.8 Å². The zero-order chi connectivity index (χ0) is 20.6. The van der Waals surface area contributed by atoms with Crippen LogP contribution in [-0.2, 0) is 27.7 Å². The van der Waals surface area contributed by atoms with Gasteiger partial charge in [0.05, 0.1) is 4.90 Å². The molecule has 2 aromatic carbocycles. The second-order valence-electron chi connectivity index (χ2n) is 8.27. The average Bonchev–Trinajstić information content (AvgIpc) is 3.15. The van der Waals surface area contributed by atoms with Crippen molar-refractivity contribution in [3.63, 3.8) is 0 Å². The quantitative estimate of drug-likeness (QED) is 0.830. The van der Waals surface area contributed by atoms with E-state index in [1.54, 1.807) is 6.07 Å². The number of piperidine rings is 1. The maximum Gasteiger partial charge on any atom is 0.243 e. The molecular weight excluding hydrogens is 384 g/mol. The number of rotatable bonds is 4. The Labute approximate surface area is 173 Å². The highest BCUT2D eigenvalue weighted by Crippen LogP contribution is 2.28. The highest BCUT2D eigenvalue weighted by molar-refractivity contribution is 7.89. The molecule has 4 rings (SSSR count). The van der Waals surface area contributed by atoms with Gasteiger partial charge in [-0.3, -0.25) is 4.79 Å². The molecule has 2 aliphatic rings. The van der Waals surface area contributed by atoms with Crippen LogP contribution < -0.4 is 5.32 Å². The SMILES string of the molecule is Cc1ccc(S(=O)(=O)N2CCC(C(=O)Nc3ccc4c(c3)CCC4)CC2)c(C)c1. The van der Waals surface area contributed by atoms with Crippen LogP contribution in [0, 0.1) is 19.8 Å². The Balaban J connectivity index is 1.39. The molecule has 1 amide bonds. The van der Waals surface area contributed by atoms with Crippen molar-refractivity contribution in [2.24, 2.45) is 5.92 Å². The molecule has 1 N–H and O–H groups in total. The first-order valence-electron chi connectivity index (χ1n) is 10.3. The number of aryl methyl sites for hydroxylation is 4. The van der Waals surface area contributed by atoms with Gasteiger partial charge in [0.2, 0.25) is 15.9 Å². The lowest BCUT2D eigenvalue weighted by atomic mass is 9.97. The minimum absolute atomic E-state index is 0.00786. The summed E-state index contributed by atoms with van der Waals surface area (Å²) in [5, 5.41) is 3.04. The Morgan fingerprint density at radius 3 is 2.45 bits per heavy atom. The molecule has 0 saturated carbocycles. The lowest BCUT2D eigenvalue weighted by molar-refractivity contribution is -0.120. The van der Waals surface area contributed by atoms with E-state index in [-0.39, 0.29) is 11.8 Å². The van der Waals surface area contributed by atoms with Gasteiger partial charge in [0.25, 0.3) is 0 Å². The number of nitrogens with one attached hydrogen (secondary N) is 1. The van der Waals surface area contributed by atoms with Crippen molar-refractivity contribution in [1.82, 2.24) is 4.31 Å². The van der Waals surface area contributed by atoms with Gasteiger partial charge in [-0.25, -0.2) is 8.42 Å². The zero-order valence-electron chi connectivity index (χ0n) is 17.1. The van der Waals surface area contributed by atoms with E-state index in [1.165, 1.54) is 21.9 Å². The number of amides is 1. The molecule has 2 aromatic rings. The summed E-state index contributed by atoms with van der Waals surface area (Å²) in [5.74, 6) is -0.166. The number of hydrogen-bond donors (Lipinski definition) is 1. The zero-order valence-corrected chi connectivity index (χ0v) is 17.9. The molecule has 5 nitrogen and oxygen atoms in total. The largest absolute Gasteiger partial charge is 0.326 e. The van der Waals surface area contributed by atoms with Gasteiger partial charge in [-0.05, 0) is 80.8 Å². The number of sulfonamides is 1. The molecule has 0 atom stereocenters. The molecule has 29 heavy (non-hydrogen) atoms. The van der Waals surface area contributed by atoms with Crippen molar-refractivity contribution in [1.29, 1.82) is 0 Å². The van der Waals surface area contributed by atoms with E-state index in [0.29, 0.717) is 30.8 Å². The van der Waals surface area contributed by atoms with Crippen LogP contribution in [0.15, 0.2) is 41.3 Å². The third-order valence-corrected chi connectivity index (χ3v) is 8.20. The van der Waals surface area contributed by atoms with E-state index in [4.69, 9.17) is 0 Å². The number of fused-ring (bicyclic) bond motifs is 1. The van der Waals surface area contributed by atoms with Crippen molar-refractivity contribution in [3.8, 4) is 0 Å². The molecule has 0 unspecified atom stereocenters. The average molecular weight is 413 g/mol. The first-order valence-corrected chi connectivity index (χ1v) is 11.8. The van der Waals surface area contributed by atoms with Crippen molar-refractivity contribution in [3.05, 3.63) is 58.7 Å². The lowest BCUT2D eigenvalue weighted by Crippen LogP contribution is -2.41. The van der Waals surface area contributed by atoms with Crippen LogP contribution in [0.2, 0.25) is 0 Å². The molecule has 1 fully saturated rings. The van der Waals surface area contributed by atoms with Gasteiger partial charge in [-0.2, -0.15) is 4.31 Å². The summed E-state index contributed by atoms with van der Waals surface area (Å²) in [6.07, 6.45) is 4.46. The Bertz CT molecular complexity index is 1040. The minimum Gasteiger partial charge on any atom is -0.326 e. The van der Waals surface area contributed by atoms with Crippen LogP contribution in [-0.4, -0.2) is 31.7 Å². The fraction of sp³-hybridized carbons (Fsp3) is 0.435. The number of nitrogens with zero attached hydrogens (tertiary/aromatic N) is 1. The predicted octanol–water partition coefficient (Wildman–Crippen LogP) is 3.83. The second-order valence-corrected chi connectivity index (χ2v) is 10.2. The lowest BCUT2D eigenvalue weighted by Gasteiger charge is -2.31. The van der Waals surface area contributed by atoms with E-state index in [9.17, 15) is 13.2 Å². The normalized spacial score (nSPS) is 17.9. The Morgan fingerprint density at radius 1 is 1.00 bits per heavy atom. The maximum absolute atomic E-state index is 13.0. The maximum atomic E-state index is 13.0. The Morgan fingerprint density at radius 2 is 1.72 bits per heavy atom. The summed E-state index contributed by atoms with van der Waals surface area (Å²) in [6.45, 7) is 4.53. The Hall–Kier alpha value is -2.18. The number of carbonyl (C=O) groups excluding carboxylic acids is 1. The van der Waals surface area contributed by atoms with Gasteiger partial charge in [0.15, 0.2) is 0 Å². The molecule has 1 saturated heterocycles. The van der Waals surface area contributed by atoms with Crippen LogP contribution in [0.25, 0.3) is 0 Å². The smallest absolute Gasteiger partial charge is 0.243 e. The summed E-state index contributed by atoms with van der Waals surface area (Å²) >= 11 is 0. The fourth-order valence-electron chi connectivity index (χ4n) is 4.48. The van der Waals surface area contributed by atoms with Crippen LogP contribution in [0.5, 0.6) is 0 Å². The first kappa shape index (κ1) is 20.1. The van der Waals surface area contributed by atoms with E-state index < -0.39 is 10.0 Å². The molecule has 6 heteroatoms. The molecule has 0 radical (unpaired) electrons. The Kier molecular flexibility index (Phi) is 5.49. The van der Waals surface area contributed by atoms with Crippen molar-refractivity contribution < 1.29 is 13.2 Å². The van der Waals surface area contributed by atoms with Crippen molar-refractivity contribution >= 4 is 21.6 Å². The molecule has 1 heterocycles. The van der Waals surface area contributed by atoms with Crippen molar-refractivity contribution in [2.75, 3.05) is 18.4 Å². The summed E-state index contributed by atoms with van der Waals surface area (Å²) in [5.41, 5.74) is 5.37. The van der Waals surface area contributed by atoms with E-state index in [1.807, 2.05) is 32.0 Å². The molecule has 0 aromatic heterocycles. The van der Waals surface area contributed by atoms with E-state index in [0.717, 1.165) is 29.7 Å². The fourth-order valence-corrected chi connectivity index (χ4v) is 6.16. The van der Waals surface area contributed by atoms with E-state index in [2.05, 4.69) is 17.4 Å². The summed E-state index contributed by atoms with van der Waals surface area (Å²) < 4.78 is 27.6. The summed E-state index contributed by atoms with van der Waals surface area (Å²) in [6, 6.07) is 11.6. The summed E-state index contributed by atoms with van der Waals surface area (Å²) in [7, 11) is -3.52. The number of hydrogen-bond acceptors (Lipinski definition) is 3. The molecule has 0 bridgehead atoms. The van der Waals surface area contributed by atoms with Crippen LogP contribution in [0.3, 0.4) is 0 Å². The van der Waals surface area contributed by atoms with Gasteiger partial charge >= 0.3 is 0 Å². The standard InChI is InChI=1S/C23H28N2O3S/c1-16-6-9-22(17(2)14-16)29(27,28)25-12-10-19(11-13-25)23(26)24-21-8-7-18-4-3-5-20(18)15-21/h6-9,14-15,19H,3-5,10-13H2,1-2H3,(H,24,26). The first-order chi connectivity index (χ1) is 13.8. The predicted molar refractivity (Wildman–Crippen MR) is 114 cm³/mol. The van der Waals surface area contributed by atoms with Gasteiger partial charge < -0.3 is 5.32 Å². The highest BCUT2D eigenvalue weighted by Gasteiger charge is 2.32. The second kappa shape index (κ2) is 7.92. The number of benzene rings is 2. The third-order valence-electron chi connectivity index (χ3n) is 6.14. The molecular formula is C23H28N2O3S. The number of anilines is 1. The molecule has 1 aliphatic carbocycles. The molecule has 1 aliphatic heterocycles. The third kappa shape index (κ3) is 4.09. The van der Waals surface area contributed by atoms with Gasteiger partial charge in [-0.15, -0.1) is 0 Å². The van der Waals surface area contributed by atoms with Crippen LogP contribution in [0.1, 0.15) is 41.5 Å². The van der Waals surface area contributed by atoms with E-state index >= 15 is 0 Å². The topological polar surface area (TPSA) is 66.5 Å². The monoisotopic (exact) mass is 412 g/mol. The van der Waals surface area contributed by atoms with Crippen LogP contribution >= 0.6 is 0 Å². The molecule has 154 valence electrons. The highest BCUT2D eigenvalue weighted by atomic mass is 32.2. The van der Waals surface area contributed by atoms with Crippen LogP contribution in [0.4, 0.5) is 5.69 Å². The molecule has 0 spiro atoms. The van der Waals surface area contributed by atoms with Gasteiger partial charge in [0, 0.05) is 24.7 Å².